The molecule has 0 aromatic carbocycles. The molecule has 18 heavy (non-hydrogen) atoms. The molecule has 2 heterocycles. The van der Waals surface area contributed by atoms with Crippen molar-refractivity contribution in [3.63, 3.8) is 0 Å². The van der Waals surface area contributed by atoms with Gasteiger partial charge < -0.3 is 24.6 Å². The van der Waals surface area contributed by atoms with Gasteiger partial charge in [0.2, 0.25) is 0 Å². The third-order valence-corrected chi connectivity index (χ3v) is 4.55. The average Bonchev–Trinajstić information content (AvgIpc) is 2.67. The maximum atomic E-state index is 9.97. The highest BCUT2D eigenvalue weighted by Crippen LogP contribution is 2.24. The fraction of sp³-hybridized carbons (Fsp3) is 0.909. The summed E-state index contributed by atoms with van der Waals surface area (Å²) in [6.45, 7) is 3.37. The largest absolute Gasteiger partial charge is 0.462 e. The number of aliphatic hydroxyl groups excluding tert-OH is 2. The number of thiocarbonyl (C=S) groups is 1. The quantitative estimate of drug-likeness (QED) is 0.686. The smallest absolute Gasteiger partial charge is 0.259 e. The second kappa shape index (κ2) is 6.38. The van der Waals surface area contributed by atoms with Crippen LogP contribution in [-0.4, -0.2) is 75.9 Å². The molecule has 0 aromatic heterocycles. The van der Waals surface area contributed by atoms with Gasteiger partial charge in [-0.25, -0.2) is 0 Å². The van der Waals surface area contributed by atoms with E-state index < -0.39 is 18.3 Å². The summed E-state index contributed by atoms with van der Waals surface area (Å²) in [4.78, 5) is 2.01. The van der Waals surface area contributed by atoms with Crippen molar-refractivity contribution < 1.29 is 19.7 Å². The second-order valence-corrected chi connectivity index (χ2v) is 6.07. The normalized spacial score (nSPS) is 36.7. The Labute approximate surface area is 116 Å². The van der Waals surface area contributed by atoms with Crippen LogP contribution in [0, 0.1) is 0 Å². The van der Waals surface area contributed by atoms with E-state index in [0.29, 0.717) is 5.17 Å². The third-order valence-electron chi connectivity index (χ3n) is 3.26. The van der Waals surface area contributed by atoms with Gasteiger partial charge >= 0.3 is 0 Å². The van der Waals surface area contributed by atoms with Crippen molar-refractivity contribution in [2.45, 2.75) is 31.3 Å². The zero-order valence-electron chi connectivity index (χ0n) is 10.3. The molecule has 0 aromatic rings. The van der Waals surface area contributed by atoms with Crippen molar-refractivity contribution in [3.8, 4) is 0 Å². The number of thioether (sulfide) groups is 1. The highest BCUT2D eigenvalue weighted by atomic mass is 32.2. The molecule has 0 saturated carbocycles. The molecular formula is C11H19NO4S2. The predicted octanol–water partition coefficient (Wildman–Crippen LogP) is -0.154. The summed E-state index contributed by atoms with van der Waals surface area (Å²) in [5.41, 5.74) is 0. The van der Waals surface area contributed by atoms with Crippen LogP contribution in [-0.2, 0) is 9.47 Å². The summed E-state index contributed by atoms with van der Waals surface area (Å²) in [7, 11) is 0. The Hall–Kier alpha value is -0.0800. The minimum Gasteiger partial charge on any atom is -0.462 e. The van der Waals surface area contributed by atoms with E-state index in [-0.39, 0.29) is 12.7 Å². The molecule has 4 atom stereocenters. The fourth-order valence-electron chi connectivity index (χ4n) is 2.18. The maximum Gasteiger partial charge on any atom is 0.259 e. The number of hydrogen-bond acceptors (Lipinski definition) is 6. The Morgan fingerprint density at radius 3 is 2.72 bits per heavy atom. The predicted molar refractivity (Wildman–Crippen MR) is 73.8 cm³/mol. The summed E-state index contributed by atoms with van der Waals surface area (Å²) in [6.07, 6.45) is -2.18. The Balaban J connectivity index is 1.90. The van der Waals surface area contributed by atoms with Crippen molar-refractivity contribution in [1.82, 2.24) is 4.90 Å². The molecule has 2 aliphatic heterocycles. The summed E-state index contributed by atoms with van der Waals surface area (Å²) in [5.74, 6) is 2.09. The van der Waals surface area contributed by atoms with E-state index in [0.717, 1.165) is 24.6 Å². The van der Waals surface area contributed by atoms with E-state index in [9.17, 15) is 5.11 Å². The van der Waals surface area contributed by atoms with Gasteiger partial charge in [0.25, 0.3) is 5.17 Å². The van der Waals surface area contributed by atoms with Gasteiger partial charge in [0.1, 0.15) is 12.2 Å². The molecule has 0 spiro atoms. The van der Waals surface area contributed by atoms with Gasteiger partial charge in [0, 0.05) is 24.6 Å². The van der Waals surface area contributed by atoms with Crippen LogP contribution < -0.4 is 0 Å². The first-order chi connectivity index (χ1) is 8.63. The molecule has 0 amide bonds. The monoisotopic (exact) mass is 293 g/mol. The van der Waals surface area contributed by atoms with Gasteiger partial charge in [-0.15, -0.1) is 0 Å². The average molecular weight is 293 g/mol. The van der Waals surface area contributed by atoms with Gasteiger partial charge in [-0.3, -0.25) is 0 Å². The van der Waals surface area contributed by atoms with E-state index in [1.807, 2.05) is 23.6 Å². The Bertz CT molecular complexity index is 299. The van der Waals surface area contributed by atoms with Gasteiger partial charge in [-0.1, -0.05) is 0 Å². The highest BCUT2D eigenvalue weighted by Gasteiger charge is 2.43. The molecule has 7 heteroatoms. The van der Waals surface area contributed by atoms with Crippen LogP contribution in [0.2, 0.25) is 0 Å². The number of ether oxygens (including phenoxy) is 2. The van der Waals surface area contributed by atoms with Crippen molar-refractivity contribution in [3.05, 3.63) is 0 Å². The molecule has 2 fully saturated rings. The van der Waals surface area contributed by atoms with Gasteiger partial charge in [0.05, 0.1) is 12.7 Å². The lowest BCUT2D eigenvalue weighted by Gasteiger charge is -2.30. The zero-order valence-corrected chi connectivity index (χ0v) is 12.0. The fourth-order valence-corrected chi connectivity index (χ4v) is 3.37. The topological polar surface area (TPSA) is 62.2 Å². The Kier molecular flexibility index (Phi) is 5.08. The molecule has 5 nitrogen and oxygen atoms in total. The third kappa shape index (κ3) is 3.08. The SMILES string of the molecule is CC1OC(CO)C(O)C1OC(=S)N1CCSCC1. The lowest BCUT2D eigenvalue weighted by molar-refractivity contribution is -0.0171. The van der Waals surface area contributed by atoms with Crippen LogP contribution >= 0.6 is 24.0 Å². The second-order valence-electron chi connectivity index (χ2n) is 4.50. The van der Waals surface area contributed by atoms with E-state index >= 15 is 0 Å². The molecular weight excluding hydrogens is 274 g/mol. The molecule has 104 valence electrons. The van der Waals surface area contributed by atoms with Crippen LogP contribution in [0.25, 0.3) is 0 Å². The summed E-state index contributed by atoms with van der Waals surface area (Å²) in [6, 6.07) is 0. The minimum absolute atomic E-state index is 0.210. The first-order valence-electron chi connectivity index (χ1n) is 6.11. The standard InChI is InChI=1S/C11H19NO4S2/c1-7-10(9(14)8(6-13)15-7)16-11(17)12-2-4-18-5-3-12/h7-10,13-14H,2-6H2,1H3. The Morgan fingerprint density at radius 2 is 2.17 bits per heavy atom. The van der Waals surface area contributed by atoms with Crippen molar-refractivity contribution in [1.29, 1.82) is 0 Å². The van der Waals surface area contributed by atoms with Crippen LogP contribution in [0.4, 0.5) is 0 Å². The molecule has 0 radical (unpaired) electrons. The molecule has 0 bridgehead atoms. The zero-order chi connectivity index (χ0) is 13.1. The number of hydrogen-bond donors (Lipinski definition) is 2. The lowest BCUT2D eigenvalue weighted by atomic mass is 10.1. The first kappa shape index (κ1) is 14.3. The molecule has 2 N–H and O–H groups in total. The minimum atomic E-state index is -0.831. The molecule has 2 aliphatic rings. The van der Waals surface area contributed by atoms with Gasteiger partial charge in [-0.05, 0) is 19.1 Å². The van der Waals surface area contributed by atoms with Crippen LogP contribution in [0.1, 0.15) is 6.92 Å². The summed E-state index contributed by atoms with van der Waals surface area (Å²) >= 11 is 7.16. The van der Waals surface area contributed by atoms with Crippen LogP contribution in [0.15, 0.2) is 0 Å². The Morgan fingerprint density at radius 1 is 1.50 bits per heavy atom. The number of nitrogens with zero attached hydrogens (tertiary/aromatic N) is 1. The van der Waals surface area contributed by atoms with E-state index in [2.05, 4.69) is 0 Å². The first-order valence-corrected chi connectivity index (χ1v) is 7.67. The van der Waals surface area contributed by atoms with E-state index in [1.165, 1.54) is 0 Å². The summed E-state index contributed by atoms with van der Waals surface area (Å²) < 4.78 is 11.1. The molecule has 2 saturated heterocycles. The maximum absolute atomic E-state index is 9.97. The molecule has 0 aliphatic carbocycles. The summed E-state index contributed by atoms with van der Waals surface area (Å²) in [5, 5.41) is 19.5. The highest BCUT2D eigenvalue weighted by molar-refractivity contribution is 7.99. The van der Waals surface area contributed by atoms with Crippen LogP contribution in [0.5, 0.6) is 0 Å². The van der Waals surface area contributed by atoms with Crippen molar-refractivity contribution in [2.75, 3.05) is 31.2 Å². The van der Waals surface area contributed by atoms with Gasteiger partial charge in [-0.2, -0.15) is 11.8 Å². The van der Waals surface area contributed by atoms with Crippen molar-refractivity contribution in [2.24, 2.45) is 0 Å². The number of rotatable bonds is 2. The number of aliphatic hydroxyl groups is 2. The molecule has 2 rings (SSSR count). The van der Waals surface area contributed by atoms with Crippen molar-refractivity contribution >= 4 is 29.2 Å². The lowest BCUT2D eigenvalue weighted by Crippen LogP contribution is -2.44. The van der Waals surface area contributed by atoms with E-state index in [1.54, 1.807) is 0 Å². The molecule has 4 unspecified atom stereocenters. The van der Waals surface area contributed by atoms with Gasteiger partial charge in [0.15, 0.2) is 6.10 Å². The van der Waals surface area contributed by atoms with Crippen LogP contribution in [0.3, 0.4) is 0 Å². The van der Waals surface area contributed by atoms with E-state index in [4.69, 9.17) is 26.8 Å².